The van der Waals surface area contributed by atoms with Crippen LogP contribution in [0, 0.1) is 13.8 Å². The van der Waals surface area contributed by atoms with Crippen LogP contribution in [0.3, 0.4) is 0 Å². The fraction of sp³-hybridized carbons (Fsp3) is 0.0656. The zero-order valence-electron chi connectivity index (χ0n) is 36.1. The fourth-order valence-corrected chi connectivity index (χ4v) is 9.35. The van der Waals surface area contributed by atoms with Gasteiger partial charge in [-0.1, -0.05) is 175 Å². The van der Waals surface area contributed by atoms with Crippen molar-refractivity contribution >= 4 is 71.7 Å². The Morgan fingerprint density at radius 1 is 0.469 bits per heavy atom. The molecular weight excluding hydrogens is 775 g/mol. The molecule has 11 rings (SSSR count). The molecule has 0 fully saturated rings. The maximum atomic E-state index is 5.56. The third kappa shape index (κ3) is 7.63. The number of hydrogen-bond donors (Lipinski definition) is 0. The van der Waals surface area contributed by atoms with E-state index in [9.17, 15) is 0 Å². The van der Waals surface area contributed by atoms with Crippen molar-refractivity contribution in [2.45, 2.75) is 20.3 Å². The molecule has 1 aliphatic carbocycles. The zero-order valence-corrected chi connectivity index (χ0v) is 36.1. The molecule has 64 heavy (non-hydrogen) atoms. The number of allylic oxidation sites excluding steroid dienone is 5. The van der Waals surface area contributed by atoms with E-state index >= 15 is 0 Å². The number of aromatic nitrogens is 1. The Kier molecular flexibility index (Phi) is 10.1. The number of benzene rings is 9. The number of anilines is 5. The second-order valence-electron chi connectivity index (χ2n) is 16.9. The summed E-state index contributed by atoms with van der Waals surface area (Å²) in [6, 6.07) is 68.5. The first-order valence-corrected chi connectivity index (χ1v) is 22.2. The fourth-order valence-electron chi connectivity index (χ4n) is 9.35. The normalized spacial score (nSPS) is 12.5. The van der Waals surface area contributed by atoms with Gasteiger partial charge in [0.1, 0.15) is 0 Å². The summed E-state index contributed by atoms with van der Waals surface area (Å²) in [6.45, 7) is 5.09. The number of hydrogen-bond acceptors (Lipinski definition) is 3. The Morgan fingerprint density at radius 3 is 1.77 bits per heavy atom. The van der Waals surface area contributed by atoms with Gasteiger partial charge in [-0.05, 0) is 129 Å². The third-order valence-corrected chi connectivity index (χ3v) is 12.4. The van der Waals surface area contributed by atoms with Crippen molar-refractivity contribution in [1.82, 2.24) is 4.98 Å². The van der Waals surface area contributed by atoms with E-state index in [4.69, 9.17) is 4.98 Å². The first kappa shape index (κ1) is 38.9. The van der Waals surface area contributed by atoms with Gasteiger partial charge < -0.3 is 9.80 Å². The van der Waals surface area contributed by atoms with Crippen LogP contribution in [-0.4, -0.2) is 11.5 Å². The Labute approximate surface area is 375 Å². The molecule has 0 bridgehead atoms. The van der Waals surface area contributed by atoms with Gasteiger partial charge in [0.2, 0.25) is 0 Å². The smallest absolute Gasteiger partial charge is 0.0794 e. The minimum atomic E-state index is 0.705. The molecule has 0 spiro atoms. The molecule has 9 aromatic carbocycles. The maximum Gasteiger partial charge on any atom is 0.0794 e. The molecule has 0 atom stereocenters. The van der Waals surface area contributed by atoms with Gasteiger partial charge in [-0.3, -0.25) is 4.98 Å². The predicted molar refractivity (Wildman–Crippen MR) is 274 cm³/mol. The van der Waals surface area contributed by atoms with Crippen molar-refractivity contribution < 1.29 is 0 Å². The highest BCUT2D eigenvalue weighted by molar-refractivity contribution is 6.21. The molecule has 3 heteroatoms. The van der Waals surface area contributed by atoms with Crippen LogP contribution in [0.4, 0.5) is 28.4 Å². The highest BCUT2D eigenvalue weighted by Crippen LogP contribution is 2.47. The van der Waals surface area contributed by atoms with E-state index in [2.05, 4.69) is 248 Å². The van der Waals surface area contributed by atoms with Crippen molar-refractivity contribution in [3.63, 3.8) is 0 Å². The van der Waals surface area contributed by atoms with Gasteiger partial charge in [-0.2, -0.15) is 0 Å². The van der Waals surface area contributed by atoms with Crippen LogP contribution in [0.5, 0.6) is 0 Å². The van der Waals surface area contributed by atoms with Gasteiger partial charge >= 0.3 is 0 Å². The molecule has 10 aromatic rings. The Hall–Kier alpha value is -8.01. The summed E-state index contributed by atoms with van der Waals surface area (Å²) < 4.78 is 0. The van der Waals surface area contributed by atoms with Gasteiger partial charge in [0.15, 0.2) is 0 Å². The second-order valence-corrected chi connectivity index (χ2v) is 16.9. The summed E-state index contributed by atoms with van der Waals surface area (Å²) in [6.07, 6.45) is 14.2. The quantitative estimate of drug-likeness (QED) is 0.0957. The lowest BCUT2D eigenvalue weighted by Gasteiger charge is -2.27. The van der Waals surface area contributed by atoms with Crippen molar-refractivity contribution in [3.05, 3.63) is 241 Å². The van der Waals surface area contributed by atoms with E-state index in [-0.39, 0.29) is 0 Å². The molecule has 0 saturated carbocycles. The SMILES string of the molecule is Cc1cc(C)cc(-c2c3cc(N(C/C=C\C=C/C4=CC4)c4ccc5ccccc5c4)ccc3c(-c3ccccc3)c3cc(N(c4ccccc4)c4ccc5ccccc5c4)cnc23)c1. The van der Waals surface area contributed by atoms with E-state index < -0.39 is 0 Å². The molecule has 1 heterocycles. The van der Waals surface area contributed by atoms with Crippen LogP contribution in [0.25, 0.3) is 65.5 Å². The largest absolute Gasteiger partial charge is 0.338 e. The van der Waals surface area contributed by atoms with Crippen LogP contribution < -0.4 is 9.80 Å². The minimum Gasteiger partial charge on any atom is -0.338 e. The number of para-hydroxylation sites is 1. The average Bonchev–Trinajstić information content (AvgIpc) is 4.16. The molecule has 0 amide bonds. The highest BCUT2D eigenvalue weighted by Gasteiger charge is 2.23. The first-order valence-electron chi connectivity index (χ1n) is 22.2. The maximum absolute atomic E-state index is 5.56. The van der Waals surface area contributed by atoms with Crippen LogP contribution in [0.1, 0.15) is 17.5 Å². The summed E-state index contributed by atoms with van der Waals surface area (Å²) in [4.78, 5) is 10.3. The van der Waals surface area contributed by atoms with Crippen LogP contribution in [-0.2, 0) is 0 Å². The molecule has 0 aliphatic heterocycles. The second kappa shape index (κ2) is 16.7. The molecule has 306 valence electrons. The van der Waals surface area contributed by atoms with E-state index in [1.807, 2.05) is 0 Å². The van der Waals surface area contributed by atoms with Gasteiger partial charge in [0, 0.05) is 40.2 Å². The van der Waals surface area contributed by atoms with Gasteiger partial charge in [-0.25, -0.2) is 0 Å². The summed E-state index contributed by atoms with van der Waals surface area (Å²) in [5.41, 5.74) is 14.8. The Balaban J connectivity index is 1.17. The lowest BCUT2D eigenvalue weighted by Crippen LogP contribution is -2.17. The zero-order chi connectivity index (χ0) is 43.0. The number of nitrogens with zero attached hydrogens (tertiary/aromatic N) is 3. The molecule has 1 aromatic heterocycles. The van der Waals surface area contributed by atoms with Crippen LogP contribution in [0.15, 0.2) is 230 Å². The monoisotopic (exact) mass is 821 g/mol. The average molecular weight is 822 g/mol. The van der Waals surface area contributed by atoms with Crippen LogP contribution in [0.2, 0.25) is 0 Å². The number of fused-ring (bicyclic) bond motifs is 4. The van der Waals surface area contributed by atoms with Crippen molar-refractivity contribution in [2.24, 2.45) is 0 Å². The van der Waals surface area contributed by atoms with E-state index in [0.717, 1.165) is 62.5 Å². The molecule has 0 unspecified atom stereocenters. The summed E-state index contributed by atoms with van der Waals surface area (Å²) in [7, 11) is 0. The van der Waals surface area contributed by atoms with Crippen molar-refractivity contribution in [3.8, 4) is 22.3 Å². The third-order valence-electron chi connectivity index (χ3n) is 12.4. The van der Waals surface area contributed by atoms with Crippen molar-refractivity contribution in [2.75, 3.05) is 16.3 Å². The first-order chi connectivity index (χ1) is 31.5. The summed E-state index contributed by atoms with van der Waals surface area (Å²) in [5, 5.41) is 8.31. The van der Waals surface area contributed by atoms with Gasteiger partial charge in [0.05, 0.1) is 17.4 Å². The van der Waals surface area contributed by atoms with Gasteiger partial charge in [0.25, 0.3) is 0 Å². The molecule has 0 N–H and O–H groups in total. The van der Waals surface area contributed by atoms with Gasteiger partial charge in [-0.15, -0.1) is 0 Å². The number of pyridine rings is 1. The summed E-state index contributed by atoms with van der Waals surface area (Å²) in [5.74, 6) is 0. The Bertz CT molecular complexity index is 3450. The topological polar surface area (TPSA) is 19.4 Å². The highest BCUT2D eigenvalue weighted by atomic mass is 15.1. The predicted octanol–water partition coefficient (Wildman–Crippen LogP) is 16.7. The van der Waals surface area contributed by atoms with Crippen LogP contribution >= 0.6 is 0 Å². The lowest BCUT2D eigenvalue weighted by molar-refractivity contribution is 1.10. The van der Waals surface area contributed by atoms with E-state index in [1.54, 1.807) is 0 Å². The summed E-state index contributed by atoms with van der Waals surface area (Å²) >= 11 is 0. The Morgan fingerprint density at radius 2 is 1.06 bits per heavy atom. The molecule has 0 radical (unpaired) electrons. The molecule has 0 saturated heterocycles. The molecule has 3 nitrogen and oxygen atoms in total. The van der Waals surface area contributed by atoms with Crippen molar-refractivity contribution in [1.29, 1.82) is 0 Å². The lowest BCUT2D eigenvalue weighted by atomic mass is 9.86. The standard InChI is InChI=1S/C61H47N3/c1-42-34-43(2)36-50(35-42)60-57-39-53(63(33-15-5-6-16-44-25-26-44)52-29-27-45-17-11-13-21-48(45)37-52)31-32-56(57)59(47-19-7-3-8-20-47)58-40-55(41-62-61(58)60)64(51-23-9-4-10-24-51)54-30-28-46-18-12-14-22-49(46)38-54/h3-25,27-32,34-41H,26,33H2,1-2H3/b15-5-,16-6-. The molecular formula is C61H47N3. The van der Waals surface area contributed by atoms with E-state index in [1.165, 1.54) is 54.6 Å². The minimum absolute atomic E-state index is 0.705. The number of rotatable bonds is 11. The number of aryl methyl sites for hydroxylation is 2. The molecule has 1 aliphatic rings. The van der Waals surface area contributed by atoms with E-state index in [0.29, 0.717) is 6.54 Å².